The summed E-state index contributed by atoms with van der Waals surface area (Å²) in [6.45, 7) is 1.92. The molecule has 0 radical (unpaired) electrons. The van der Waals surface area contributed by atoms with Crippen LogP contribution >= 0.6 is 0 Å². The van der Waals surface area contributed by atoms with E-state index in [1.54, 1.807) is 7.11 Å². The maximum absolute atomic E-state index is 11.5. The minimum absolute atomic E-state index is 0.00299. The zero-order valence-corrected chi connectivity index (χ0v) is 12.7. The van der Waals surface area contributed by atoms with Crippen molar-refractivity contribution in [3.63, 3.8) is 0 Å². The molecule has 0 bridgehead atoms. The van der Waals surface area contributed by atoms with Crippen LogP contribution in [0.5, 0.6) is 11.5 Å². The molecule has 2 rings (SSSR count). The Hall–Kier alpha value is -1.27. The second-order valence-corrected chi connectivity index (χ2v) is 7.53. The predicted molar refractivity (Wildman–Crippen MR) is 78.0 cm³/mol. The Bertz CT molecular complexity index is 569. The lowest BCUT2D eigenvalue weighted by Gasteiger charge is -2.17. The first-order chi connectivity index (χ1) is 9.39. The largest absolute Gasteiger partial charge is 0.497 e. The van der Waals surface area contributed by atoms with Crippen LogP contribution in [-0.2, 0) is 16.3 Å². The van der Waals surface area contributed by atoms with E-state index in [1.165, 1.54) is 0 Å². The van der Waals surface area contributed by atoms with Crippen molar-refractivity contribution in [3.8, 4) is 11.5 Å². The van der Waals surface area contributed by atoms with Crippen molar-refractivity contribution in [1.29, 1.82) is 0 Å². The van der Waals surface area contributed by atoms with Gasteiger partial charge in [0, 0.05) is 6.04 Å². The van der Waals surface area contributed by atoms with Crippen LogP contribution in [0.1, 0.15) is 18.9 Å². The van der Waals surface area contributed by atoms with Crippen molar-refractivity contribution in [1.82, 2.24) is 0 Å². The standard InChI is InChI=1S/C14H21NO4S/c1-10(15)7-11-8-12(18-2)3-4-14(11)19-13-5-6-20(16,17)9-13/h3-4,8,10,13H,5-7,9,15H2,1-2H3. The molecule has 2 unspecified atom stereocenters. The highest BCUT2D eigenvalue weighted by molar-refractivity contribution is 7.91. The van der Waals surface area contributed by atoms with Crippen LogP contribution in [0, 0.1) is 0 Å². The van der Waals surface area contributed by atoms with Gasteiger partial charge in [0.2, 0.25) is 0 Å². The molecular formula is C14H21NO4S. The van der Waals surface area contributed by atoms with Crippen LogP contribution in [0.15, 0.2) is 18.2 Å². The molecule has 1 fully saturated rings. The minimum atomic E-state index is -2.94. The lowest BCUT2D eigenvalue weighted by Crippen LogP contribution is -2.21. The van der Waals surface area contributed by atoms with Gasteiger partial charge in [0.05, 0.1) is 18.6 Å². The summed E-state index contributed by atoms with van der Waals surface area (Å²) in [5.41, 5.74) is 6.79. The summed E-state index contributed by atoms with van der Waals surface area (Å²) in [5, 5.41) is 0. The van der Waals surface area contributed by atoms with Gasteiger partial charge in [0.25, 0.3) is 0 Å². The molecule has 0 saturated carbocycles. The average Bonchev–Trinajstić information content (AvgIpc) is 2.70. The maximum Gasteiger partial charge on any atom is 0.154 e. The highest BCUT2D eigenvalue weighted by atomic mass is 32.2. The van der Waals surface area contributed by atoms with E-state index in [2.05, 4.69) is 0 Å². The zero-order valence-electron chi connectivity index (χ0n) is 11.8. The first kappa shape index (κ1) is 15.1. The van der Waals surface area contributed by atoms with E-state index in [0.717, 1.165) is 11.3 Å². The molecule has 1 saturated heterocycles. The quantitative estimate of drug-likeness (QED) is 0.882. The van der Waals surface area contributed by atoms with Crippen molar-refractivity contribution >= 4 is 9.84 Å². The predicted octanol–water partition coefficient (Wildman–Crippen LogP) is 1.15. The zero-order chi connectivity index (χ0) is 14.8. The summed E-state index contributed by atoms with van der Waals surface area (Å²) >= 11 is 0. The first-order valence-electron chi connectivity index (χ1n) is 6.69. The SMILES string of the molecule is COc1ccc(OC2CCS(=O)(=O)C2)c(CC(C)N)c1. The summed E-state index contributed by atoms with van der Waals surface area (Å²) in [4.78, 5) is 0. The van der Waals surface area contributed by atoms with Crippen molar-refractivity contribution in [2.24, 2.45) is 5.73 Å². The maximum atomic E-state index is 11.5. The van der Waals surface area contributed by atoms with E-state index in [-0.39, 0.29) is 23.7 Å². The molecule has 0 aliphatic carbocycles. The van der Waals surface area contributed by atoms with E-state index < -0.39 is 9.84 Å². The summed E-state index contributed by atoms with van der Waals surface area (Å²) in [5.74, 6) is 1.74. The van der Waals surface area contributed by atoms with Crippen LogP contribution in [0.3, 0.4) is 0 Å². The van der Waals surface area contributed by atoms with Gasteiger partial charge >= 0.3 is 0 Å². The molecule has 2 N–H and O–H groups in total. The molecule has 112 valence electrons. The van der Waals surface area contributed by atoms with Gasteiger partial charge in [-0.05, 0) is 43.5 Å². The smallest absolute Gasteiger partial charge is 0.154 e. The van der Waals surface area contributed by atoms with E-state index in [9.17, 15) is 8.42 Å². The summed E-state index contributed by atoms with van der Waals surface area (Å²) in [6.07, 6.45) is 0.943. The number of benzene rings is 1. The van der Waals surface area contributed by atoms with Gasteiger partial charge in [-0.15, -0.1) is 0 Å². The number of hydrogen-bond donors (Lipinski definition) is 1. The molecule has 20 heavy (non-hydrogen) atoms. The minimum Gasteiger partial charge on any atom is -0.497 e. The number of methoxy groups -OCH3 is 1. The average molecular weight is 299 g/mol. The molecule has 2 atom stereocenters. The van der Waals surface area contributed by atoms with Gasteiger partial charge in [0.1, 0.15) is 17.6 Å². The highest BCUT2D eigenvalue weighted by Gasteiger charge is 2.29. The Morgan fingerprint density at radius 2 is 2.20 bits per heavy atom. The van der Waals surface area contributed by atoms with Crippen LogP contribution in [0.25, 0.3) is 0 Å². The first-order valence-corrected chi connectivity index (χ1v) is 8.51. The molecule has 1 aromatic carbocycles. The fraction of sp³-hybridized carbons (Fsp3) is 0.571. The van der Waals surface area contributed by atoms with Gasteiger partial charge in [-0.1, -0.05) is 0 Å². The molecule has 0 amide bonds. The third-order valence-electron chi connectivity index (χ3n) is 3.29. The monoisotopic (exact) mass is 299 g/mol. The Morgan fingerprint density at radius 3 is 2.75 bits per heavy atom. The van der Waals surface area contributed by atoms with Crippen molar-refractivity contribution in [2.45, 2.75) is 31.9 Å². The molecule has 5 nitrogen and oxygen atoms in total. The van der Waals surface area contributed by atoms with Crippen molar-refractivity contribution < 1.29 is 17.9 Å². The van der Waals surface area contributed by atoms with E-state index >= 15 is 0 Å². The molecule has 1 heterocycles. The molecule has 1 aliphatic heterocycles. The number of hydrogen-bond acceptors (Lipinski definition) is 5. The molecular weight excluding hydrogens is 278 g/mol. The third-order valence-corrected chi connectivity index (χ3v) is 5.03. The van der Waals surface area contributed by atoms with Crippen molar-refractivity contribution in [2.75, 3.05) is 18.6 Å². The lowest BCUT2D eigenvalue weighted by atomic mass is 10.1. The van der Waals surface area contributed by atoms with E-state index in [1.807, 2.05) is 25.1 Å². The fourth-order valence-electron chi connectivity index (χ4n) is 2.34. The topological polar surface area (TPSA) is 78.6 Å². The summed E-state index contributed by atoms with van der Waals surface area (Å²) in [7, 11) is -1.33. The Morgan fingerprint density at radius 1 is 1.45 bits per heavy atom. The number of nitrogens with two attached hydrogens (primary N) is 1. The van der Waals surface area contributed by atoms with Crippen molar-refractivity contribution in [3.05, 3.63) is 23.8 Å². The van der Waals surface area contributed by atoms with Gasteiger partial charge in [0.15, 0.2) is 9.84 Å². The van der Waals surface area contributed by atoms with E-state index in [0.29, 0.717) is 18.6 Å². The highest BCUT2D eigenvalue weighted by Crippen LogP contribution is 2.28. The Kier molecular flexibility index (Phi) is 4.55. The fourth-order valence-corrected chi connectivity index (χ4v) is 3.93. The lowest BCUT2D eigenvalue weighted by molar-refractivity contribution is 0.226. The van der Waals surface area contributed by atoms with Crippen LogP contribution in [0.2, 0.25) is 0 Å². The molecule has 0 aromatic heterocycles. The number of ether oxygens (including phenoxy) is 2. The van der Waals surface area contributed by atoms with Gasteiger partial charge in [-0.25, -0.2) is 8.42 Å². The van der Waals surface area contributed by atoms with E-state index in [4.69, 9.17) is 15.2 Å². The Labute approximate surface area is 120 Å². The number of rotatable bonds is 5. The Balaban J connectivity index is 2.18. The van der Waals surface area contributed by atoms with Gasteiger partial charge < -0.3 is 15.2 Å². The summed E-state index contributed by atoms with van der Waals surface area (Å²) < 4.78 is 34.0. The second kappa shape index (κ2) is 6.01. The number of sulfone groups is 1. The third kappa shape index (κ3) is 3.86. The van der Waals surface area contributed by atoms with Crippen LogP contribution in [0.4, 0.5) is 0 Å². The molecule has 1 aromatic rings. The second-order valence-electron chi connectivity index (χ2n) is 5.30. The normalized spacial score (nSPS) is 22.4. The van der Waals surface area contributed by atoms with Gasteiger partial charge in [-0.2, -0.15) is 0 Å². The van der Waals surface area contributed by atoms with Crippen LogP contribution < -0.4 is 15.2 Å². The summed E-state index contributed by atoms with van der Waals surface area (Å²) in [6, 6.07) is 5.52. The van der Waals surface area contributed by atoms with Crippen LogP contribution in [-0.4, -0.2) is 39.2 Å². The molecule has 6 heteroatoms. The van der Waals surface area contributed by atoms with Gasteiger partial charge in [-0.3, -0.25) is 0 Å². The molecule has 0 spiro atoms. The molecule has 1 aliphatic rings.